The highest BCUT2D eigenvalue weighted by molar-refractivity contribution is 5.76. The molecule has 1 aromatic rings. The van der Waals surface area contributed by atoms with Crippen molar-refractivity contribution >= 4 is 12.1 Å². The Kier molecular flexibility index (Phi) is 5.21. The van der Waals surface area contributed by atoms with Crippen LogP contribution in [-0.4, -0.2) is 23.7 Å². The number of alkyl carbamates (subject to hydrolysis) is 1. The molecule has 0 aromatic heterocycles. The average Bonchev–Trinajstić information content (AvgIpc) is 2.48. The molecular formula is C19H27NO4. The zero-order valence-electron chi connectivity index (χ0n) is 15.1. The van der Waals surface area contributed by atoms with Crippen molar-refractivity contribution in [2.24, 2.45) is 11.3 Å². The summed E-state index contributed by atoms with van der Waals surface area (Å²) in [6.45, 7) is 9.67. The molecule has 1 aliphatic rings. The molecule has 2 rings (SSSR count). The van der Waals surface area contributed by atoms with Gasteiger partial charge in [-0.25, -0.2) is 4.79 Å². The first kappa shape index (κ1) is 18.3. The van der Waals surface area contributed by atoms with Gasteiger partial charge in [-0.15, -0.1) is 0 Å². The van der Waals surface area contributed by atoms with Gasteiger partial charge in [0.2, 0.25) is 0 Å². The number of esters is 1. The van der Waals surface area contributed by atoms with Crippen molar-refractivity contribution in [2.75, 3.05) is 0 Å². The Morgan fingerprint density at radius 3 is 2.38 bits per heavy atom. The van der Waals surface area contributed by atoms with E-state index in [2.05, 4.69) is 5.32 Å². The number of hydrogen-bond acceptors (Lipinski definition) is 4. The van der Waals surface area contributed by atoms with Gasteiger partial charge in [0.1, 0.15) is 12.2 Å². The van der Waals surface area contributed by atoms with Gasteiger partial charge in [-0.3, -0.25) is 4.79 Å². The van der Waals surface area contributed by atoms with E-state index in [0.29, 0.717) is 6.42 Å². The van der Waals surface area contributed by atoms with Crippen molar-refractivity contribution in [1.29, 1.82) is 0 Å². The number of carbonyl (C=O) groups is 2. The summed E-state index contributed by atoms with van der Waals surface area (Å²) in [4.78, 5) is 24.2. The molecular weight excluding hydrogens is 306 g/mol. The van der Waals surface area contributed by atoms with Gasteiger partial charge >= 0.3 is 12.1 Å². The third-order valence-corrected chi connectivity index (χ3v) is 4.47. The Labute approximate surface area is 143 Å². The summed E-state index contributed by atoms with van der Waals surface area (Å²) in [6, 6.07) is 9.50. The average molecular weight is 333 g/mol. The number of amides is 1. The van der Waals surface area contributed by atoms with Crippen LogP contribution in [0.5, 0.6) is 0 Å². The minimum atomic E-state index is -0.536. The van der Waals surface area contributed by atoms with E-state index in [1.165, 1.54) is 0 Å². The molecule has 0 aliphatic heterocycles. The highest BCUT2D eigenvalue weighted by Gasteiger charge is 2.53. The van der Waals surface area contributed by atoms with Crippen molar-refractivity contribution in [3.8, 4) is 0 Å². The molecule has 132 valence electrons. The first-order chi connectivity index (χ1) is 11.1. The number of rotatable bonds is 4. The molecule has 1 saturated carbocycles. The van der Waals surface area contributed by atoms with Crippen molar-refractivity contribution < 1.29 is 19.1 Å². The number of hydrogen-bond donors (Lipinski definition) is 1. The van der Waals surface area contributed by atoms with E-state index in [9.17, 15) is 9.59 Å². The SMILES string of the molecule is CC(C)(C)OC(=O)N[C@@H]1C[C@H](C(=O)OCc2ccccc2)C1(C)C. The minimum absolute atomic E-state index is 0.0957. The van der Waals surface area contributed by atoms with E-state index in [1.807, 2.05) is 65.0 Å². The molecule has 1 amide bonds. The molecule has 0 bridgehead atoms. The monoisotopic (exact) mass is 333 g/mol. The lowest BCUT2D eigenvalue weighted by atomic mass is 9.58. The number of nitrogens with one attached hydrogen (secondary N) is 1. The number of ether oxygens (including phenoxy) is 2. The van der Waals surface area contributed by atoms with Crippen LogP contribution in [-0.2, 0) is 20.9 Å². The van der Waals surface area contributed by atoms with Crippen molar-refractivity contribution in [1.82, 2.24) is 5.32 Å². The van der Waals surface area contributed by atoms with Crippen LogP contribution in [0.15, 0.2) is 30.3 Å². The van der Waals surface area contributed by atoms with Crippen molar-refractivity contribution in [3.63, 3.8) is 0 Å². The first-order valence-corrected chi connectivity index (χ1v) is 8.29. The molecule has 0 spiro atoms. The van der Waals surface area contributed by atoms with Crippen LogP contribution in [0.3, 0.4) is 0 Å². The van der Waals surface area contributed by atoms with E-state index in [4.69, 9.17) is 9.47 Å². The van der Waals surface area contributed by atoms with Gasteiger partial charge < -0.3 is 14.8 Å². The van der Waals surface area contributed by atoms with Crippen LogP contribution in [0, 0.1) is 11.3 Å². The molecule has 1 fully saturated rings. The molecule has 1 N–H and O–H groups in total. The smallest absolute Gasteiger partial charge is 0.407 e. The predicted octanol–water partition coefficient (Wildman–Crippen LogP) is 3.67. The Morgan fingerprint density at radius 1 is 1.21 bits per heavy atom. The third kappa shape index (κ3) is 4.49. The van der Waals surface area contributed by atoms with Crippen molar-refractivity contribution in [2.45, 2.75) is 59.3 Å². The van der Waals surface area contributed by atoms with Crippen LogP contribution in [0.25, 0.3) is 0 Å². The van der Waals surface area contributed by atoms with E-state index >= 15 is 0 Å². The fourth-order valence-electron chi connectivity index (χ4n) is 2.85. The molecule has 24 heavy (non-hydrogen) atoms. The standard InChI is InChI=1S/C19H27NO4/c1-18(2,3)24-17(22)20-15-11-14(19(15,4)5)16(21)23-12-13-9-7-6-8-10-13/h6-10,14-15H,11-12H2,1-5H3,(H,20,22)/t14-,15-/m1/s1. The van der Waals surface area contributed by atoms with E-state index in [0.717, 1.165) is 5.56 Å². The van der Waals surface area contributed by atoms with Gasteiger partial charge in [0.15, 0.2) is 0 Å². The topological polar surface area (TPSA) is 64.6 Å². The summed E-state index contributed by atoms with van der Waals surface area (Å²) in [6.07, 6.45) is 0.122. The summed E-state index contributed by atoms with van der Waals surface area (Å²) in [5, 5.41) is 2.85. The molecule has 2 atom stereocenters. The quantitative estimate of drug-likeness (QED) is 0.854. The second kappa shape index (κ2) is 6.83. The van der Waals surface area contributed by atoms with E-state index in [1.54, 1.807) is 0 Å². The fraction of sp³-hybridized carbons (Fsp3) is 0.579. The Morgan fingerprint density at radius 2 is 1.83 bits per heavy atom. The molecule has 0 saturated heterocycles. The summed E-state index contributed by atoms with van der Waals surface area (Å²) in [7, 11) is 0. The predicted molar refractivity (Wildman–Crippen MR) is 91.3 cm³/mol. The fourth-order valence-corrected chi connectivity index (χ4v) is 2.85. The van der Waals surface area contributed by atoms with Gasteiger partial charge in [-0.1, -0.05) is 44.2 Å². The maximum atomic E-state index is 12.3. The largest absolute Gasteiger partial charge is 0.461 e. The van der Waals surface area contributed by atoms with Crippen LogP contribution < -0.4 is 5.32 Å². The minimum Gasteiger partial charge on any atom is -0.461 e. The molecule has 5 heteroatoms. The first-order valence-electron chi connectivity index (χ1n) is 8.29. The summed E-state index contributed by atoms with van der Waals surface area (Å²) >= 11 is 0. The Balaban J connectivity index is 1.84. The zero-order chi connectivity index (χ0) is 18.0. The lowest BCUT2D eigenvalue weighted by Gasteiger charge is -2.50. The molecule has 0 unspecified atom stereocenters. The third-order valence-electron chi connectivity index (χ3n) is 4.47. The van der Waals surface area contributed by atoms with Crippen LogP contribution in [0.2, 0.25) is 0 Å². The normalized spacial score (nSPS) is 22.2. The van der Waals surface area contributed by atoms with Crippen LogP contribution in [0.1, 0.15) is 46.6 Å². The van der Waals surface area contributed by atoms with Crippen molar-refractivity contribution in [3.05, 3.63) is 35.9 Å². The summed E-state index contributed by atoms with van der Waals surface area (Å²) in [5.74, 6) is -0.438. The second-order valence-corrected chi connectivity index (χ2v) is 7.90. The molecule has 0 heterocycles. The highest BCUT2D eigenvalue weighted by Crippen LogP contribution is 2.47. The van der Waals surface area contributed by atoms with Gasteiger partial charge in [0.05, 0.1) is 5.92 Å². The molecule has 1 aromatic carbocycles. The Hall–Kier alpha value is -2.04. The zero-order valence-corrected chi connectivity index (χ0v) is 15.1. The maximum Gasteiger partial charge on any atom is 0.407 e. The van der Waals surface area contributed by atoms with Gasteiger partial charge in [0, 0.05) is 6.04 Å². The number of carbonyl (C=O) groups excluding carboxylic acids is 2. The second-order valence-electron chi connectivity index (χ2n) is 7.90. The van der Waals surface area contributed by atoms with E-state index < -0.39 is 11.7 Å². The molecule has 0 radical (unpaired) electrons. The Bertz CT molecular complexity index is 589. The van der Waals surface area contributed by atoms with Gasteiger partial charge in [-0.2, -0.15) is 0 Å². The van der Waals surface area contributed by atoms with Gasteiger partial charge in [0.25, 0.3) is 0 Å². The van der Waals surface area contributed by atoms with Crippen LogP contribution >= 0.6 is 0 Å². The van der Waals surface area contributed by atoms with Crippen LogP contribution in [0.4, 0.5) is 4.79 Å². The summed E-state index contributed by atoms with van der Waals surface area (Å²) in [5.41, 5.74) is 0.0721. The van der Waals surface area contributed by atoms with E-state index in [-0.39, 0.29) is 30.0 Å². The summed E-state index contributed by atoms with van der Waals surface area (Å²) < 4.78 is 10.7. The maximum absolute atomic E-state index is 12.3. The lowest BCUT2D eigenvalue weighted by Crippen LogP contribution is -2.61. The molecule has 1 aliphatic carbocycles. The highest BCUT2D eigenvalue weighted by atomic mass is 16.6. The lowest BCUT2D eigenvalue weighted by molar-refractivity contribution is -0.163. The molecule has 5 nitrogen and oxygen atoms in total. The van der Waals surface area contributed by atoms with Gasteiger partial charge in [-0.05, 0) is 38.2 Å². The number of benzene rings is 1.